The van der Waals surface area contributed by atoms with Crippen molar-refractivity contribution in [3.05, 3.63) is 95.7 Å². The molecule has 4 rings (SSSR count). The molecule has 3 aromatic heterocycles. The number of nitrogens with zero attached hydrogens (tertiary/aromatic N) is 4. The topological polar surface area (TPSA) is 77.3 Å². The van der Waals surface area contributed by atoms with E-state index in [-0.39, 0.29) is 23.6 Å². The smallest absolute Gasteiger partial charge is 0.338 e. The van der Waals surface area contributed by atoms with Crippen LogP contribution in [0.2, 0.25) is 0 Å². The van der Waals surface area contributed by atoms with Crippen LogP contribution in [0.15, 0.2) is 73.2 Å². The molecule has 7 heteroatoms. The summed E-state index contributed by atoms with van der Waals surface area (Å²) in [5.41, 5.74) is 3.18. The van der Waals surface area contributed by atoms with Gasteiger partial charge in [0.2, 0.25) is 0 Å². The Kier molecular flexibility index (Phi) is 5.75. The van der Waals surface area contributed by atoms with E-state index in [0.717, 1.165) is 22.3 Å². The van der Waals surface area contributed by atoms with Gasteiger partial charge >= 0.3 is 5.97 Å². The zero-order valence-corrected chi connectivity index (χ0v) is 17.4. The molecule has 0 N–H and O–H groups in total. The van der Waals surface area contributed by atoms with Gasteiger partial charge in [0.1, 0.15) is 0 Å². The molecule has 0 aliphatic rings. The number of aryl methyl sites for hydroxylation is 1. The number of hydrogen-bond acceptors (Lipinski definition) is 5. The molecule has 31 heavy (non-hydrogen) atoms. The first-order valence-corrected chi connectivity index (χ1v) is 9.83. The lowest BCUT2D eigenvalue weighted by atomic mass is 10.1. The molecule has 0 radical (unpaired) electrons. The van der Waals surface area contributed by atoms with Gasteiger partial charge in [-0.3, -0.25) is 14.8 Å². The Morgan fingerprint density at radius 3 is 2.55 bits per heavy atom. The molecule has 3 heterocycles. The van der Waals surface area contributed by atoms with Crippen molar-refractivity contribution in [1.29, 1.82) is 0 Å². The zero-order chi connectivity index (χ0) is 21.8. The van der Waals surface area contributed by atoms with Crippen molar-refractivity contribution in [3.63, 3.8) is 0 Å². The van der Waals surface area contributed by atoms with Crippen molar-refractivity contribution in [2.75, 3.05) is 7.11 Å². The average Bonchev–Trinajstić information content (AvgIpc) is 3.13. The van der Waals surface area contributed by atoms with Gasteiger partial charge in [-0.05, 0) is 35.7 Å². The third-order valence-electron chi connectivity index (χ3n) is 5.23. The average molecular weight is 414 g/mol. The maximum Gasteiger partial charge on any atom is 0.338 e. The summed E-state index contributed by atoms with van der Waals surface area (Å²) in [4.78, 5) is 35.9. The Morgan fingerprint density at radius 2 is 1.81 bits per heavy atom. The van der Waals surface area contributed by atoms with E-state index in [0.29, 0.717) is 6.54 Å². The molecule has 4 aromatic rings. The fraction of sp³-hybridized carbons (Fsp3) is 0.167. The van der Waals surface area contributed by atoms with Crippen LogP contribution in [0.5, 0.6) is 0 Å². The summed E-state index contributed by atoms with van der Waals surface area (Å²) in [7, 11) is 3.27. The maximum atomic E-state index is 13.6. The second-order valence-corrected chi connectivity index (χ2v) is 7.15. The first kappa shape index (κ1) is 20.3. The van der Waals surface area contributed by atoms with Crippen molar-refractivity contribution in [2.24, 2.45) is 7.05 Å². The van der Waals surface area contributed by atoms with Crippen LogP contribution in [0.1, 0.15) is 32.1 Å². The quantitative estimate of drug-likeness (QED) is 0.451. The summed E-state index contributed by atoms with van der Waals surface area (Å²) in [6.07, 6.45) is 4.57. The van der Waals surface area contributed by atoms with Gasteiger partial charge < -0.3 is 14.2 Å². The Balaban J connectivity index is 1.73. The van der Waals surface area contributed by atoms with E-state index >= 15 is 0 Å². The molecule has 0 aliphatic carbocycles. The van der Waals surface area contributed by atoms with E-state index in [2.05, 4.69) is 20.6 Å². The van der Waals surface area contributed by atoms with E-state index in [9.17, 15) is 9.59 Å². The summed E-state index contributed by atoms with van der Waals surface area (Å²) < 4.78 is 6.92. The van der Waals surface area contributed by atoms with Gasteiger partial charge in [-0.15, -0.1) is 0 Å². The molecule has 0 saturated heterocycles. The van der Waals surface area contributed by atoms with Crippen molar-refractivity contribution < 1.29 is 14.3 Å². The lowest BCUT2D eigenvalue weighted by Gasteiger charge is -2.23. The van der Waals surface area contributed by atoms with Crippen LogP contribution in [0.3, 0.4) is 0 Å². The van der Waals surface area contributed by atoms with E-state index in [4.69, 9.17) is 4.74 Å². The number of hydrogen-bond donors (Lipinski definition) is 0. The fourth-order valence-electron chi connectivity index (χ4n) is 3.60. The first-order valence-electron chi connectivity index (χ1n) is 9.83. The van der Waals surface area contributed by atoms with Crippen LogP contribution in [-0.4, -0.2) is 38.4 Å². The maximum absolute atomic E-state index is 13.6. The van der Waals surface area contributed by atoms with Gasteiger partial charge in [-0.2, -0.15) is 0 Å². The van der Waals surface area contributed by atoms with E-state index in [1.165, 1.54) is 25.6 Å². The molecular weight excluding hydrogens is 392 g/mol. The summed E-state index contributed by atoms with van der Waals surface area (Å²) in [5.74, 6) is -0.891. The Hall–Kier alpha value is -4.00. The SMILES string of the molecule is COC(=O)c1ccncc1C(=O)N(Cc1ccccn1)Cc1cc2ccccc2n1C. The van der Waals surface area contributed by atoms with E-state index < -0.39 is 5.97 Å². The molecule has 156 valence electrons. The largest absolute Gasteiger partial charge is 0.465 e. The molecule has 0 spiro atoms. The molecule has 1 amide bonds. The highest BCUT2D eigenvalue weighted by Gasteiger charge is 2.24. The minimum Gasteiger partial charge on any atom is -0.465 e. The zero-order valence-electron chi connectivity index (χ0n) is 17.4. The monoisotopic (exact) mass is 414 g/mol. The molecule has 0 bridgehead atoms. The molecule has 1 aromatic carbocycles. The summed E-state index contributed by atoms with van der Waals surface area (Å²) in [5, 5.41) is 1.10. The number of esters is 1. The number of benzene rings is 1. The number of methoxy groups -OCH3 is 1. The molecule has 0 atom stereocenters. The van der Waals surface area contributed by atoms with Crippen molar-refractivity contribution >= 4 is 22.8 Å². The summed E-state index contributed by atoms with van der Waals surface area (Å²) >= 11 is 0. The Labute approximate surface area is 179 Å². The lowest BCUT2D eigenvalue weighted by Crippen LogP contribution is -2.32. The van der Waals surface area contributed by atoms with Crippen LogP contribution in [0.25, 0.3) is 10.9 Å². The number of aromatic nitrogens is 3. The number of carbonyl (C=O) groups excluding carboxylic acids is 2. The second kappa shape index (κ2) is 8.79. The van der Waals surface area contributed by atoms with Crippen molar-refractivity contribution in [1.82, 2.24) is 19.4 Å². The van der Waals surface area contributed by atoms with Gasteiger partial charge in [0.25, 0.3) is 5.91 Å². The predicted octanol–water partition coefficient (Wildman–Crippen LogP) is 3.60. The van der Waals surface area contributed by atoms with Crippen LogP contribution >= 0.6 is 0 Å². The third-order valence-corrected chi connectivity index (χ3v) is 5.23. The van der Waals surface area contributed by atoms with Crippen LogP contribution in [-0.2, 0) is 24.9 Å². The minimum absolute atomic E-state index is 0.186. The summed E-state index contributed by atoms with van der Waals surface area (Å²) in [6, 6.07) is 17.2. The number of para-hydroxylation sites is 1. The molecule has 0 saturated carbocycles. The second-order valence-electron chi connectivity index (χ2n) is 7.15. The van der Waals surface area contributed by atoms with Crippen LogP contribution in [0.4, 0.5) is 0 Å². The van der Waals surface area contributed by atoms with Gasteiger partial charge in [-0.25, -0.2) is 4.79 Å². The number of pyridine rings is 2. The van der Waals surface area contributed by atoms with E-state index in [1.807, 2.05) is 49.5 Å². The van der Waals surface area contributed by atoms with Gasteiger partial charge in [-0.1, -0.05) is 24.3 Å². The minimum atomic E-state index is -0.576. The number of fused-ring (bicyclic) bond motifs is 1. The molecule has 7 nitrogen and oxygen atoms in total. The Bertz CT molecular complexity index is 1230. The lowest BCUT2D eigenvalue weighted by molar-refractivity contribution is 0.0587. The van der Waals surface area contributed by atoms with Crippen molar-refractivity contribution in [2.45, 2.75) is 13.1 Å². The molecular formula is C24H22N4O3. The first-order chi connectivity index (χ1) is 15.1. The van der Waals surface area contributed by atoms with E-state index in [1.54, 1.807) is 11.1 Å². The molecule has 0 aliphatic heterocycles. The number of ether oxygens (including phenoxy) is 1. The summed E-state index contributed by atoms with van der Waals surface area (Å²) in [6.45, 7) is 0.632. The van der Waals surface area contributed by atoms with Crippen LogP contribution < -0.4 is 0 Å². The standard InChI is InChI=1S/C24H22N4O3/c1-27-19(13-17-7-3-4-9-22(17)27)16-28(15-18-8-5-6-11-26-18)23(29)21-14-25-12-10-20(21)24(30)31-2/h3-14H,15-16H2,1-2H3. The van der Waals surface area contributed by atoms with Gasteiger partial charge in [0.05, 0.1) is 37.0 Å². The highest BCUT2D eigenvalue weighted by Crippen LogP contribution is 2.22. The fourth-order valence-corrected chi connectivity index (χ4v) is 3.60. The molecule has 0 fully saturated rings. The highest BCUT2D eigenvalue weighted by molar-refractivity contribution is 6.05. The van der Waals surface area contributed by atoms with Crippen LogP contribution in [0, 0.1) is 0 Å². The number of amides is 1. The normalized spacial score (nSPS) is 10.8. The van der Waals surface area contributed by atoms with Gasteiger partial charge in [0.15, 0.2) is 0 Å². The van der Waals surface area contributed by atoms with Crippen molar-refractivity contribution in [3.8, 4) is 0 Å². The third kappa shape index (κ3) is 4.16. The predicted molar refractivity (Wildman–Crippen MR) is 116 cm³/mol. The van der Waals surface area contributed by atoms with Gasteiger partial charge in [0, 0.05) is 36.8 Å². The number of rotatable bonds is 6. The highest BCUT2D eigenvalue weighted by atomic mass is 16.5. The Morgan fingerprint density at radius 1 is 1.00 bits per heavy atom. The number of carbonyl (C=O) groups is 2. The molecule has 0 unspecified atom stereocenters.